The Bertz CT molecular complexity index is 1300. The number of ether oxygens (including phenoxy) is 1. The van der Waals surface area contributed by atoms with Crippen molar-refractivity contribution in [2.75, 3.05) is 30.8 Å². The number of nitrogens with one attached hydrogen (secondary N) is 1. The Hall–Kier alpha value is -3.57. The molecule has 1 fully saturated rings. The van der Waals surface area contributed by atoms with E-state index in [0.717, 1.165) is 64.1 Å². The number of nitrogens with two attached hydrogens (primary N) is 2. The summed E-state index contributed by atoms with van der Waals surface area (Å²) in [7, 11) is 1.61. The minimum atomic E-state index is -0.967. The molecule has 3 aromatic heterocycles. The highest BCUT2D eigenvalue weighted by Gasteiger charge is 2.22. The number of carboxylic acids is 1. The molecule has 1 saturated heterocycles. The molecule has 0 bridgehead atoms. The number of methoxy groups -OCH3 is 1. The molecule has 0 saturated carbocycles. The van der Waals surface area contributed by atoms with Gasteiger partial charge in [0.2, 0.25) is 0 Å². The average Bonchev–Trinajstić information content (AvgIpc) is 3.47. The van der Waals surface area contributed by atoms with Crippen LogP contribution in [0.1, 0.15) is 28.8 Å². The van der Waals surface area contributed by atoms with Gasteiger partial charge < -0.3 is 31.2 Å². The Kier molecular flexibility index (Phi) is 7.57. The number of carboxylic acid groups (broad SMARTS) is 1. The second kappa shape index (κ2) is 10.8. The van der Waals surface area contributed by atoms with Gasteiger partial charge >= 0.3 is 5.97 Å². The van der Waals surface area contributed by atoms with Gasteiger partial charge in [-0.05, 0) is 46.5 Å². The standard InChI is InChI=1S/C12H16BrN5.C12H12N2O3/c13-8-4-16-12-10(9(15)5-17-12)11(8)18-3-1-2-7(14)6-18;1-17-11-4-2-9(3-5-11)7-14-8-10(6-13-14)12(15)16/h4-5,7H,1-3,6,14-15H2,(H,16,17);2-6,8H,7H2,1H3,(H,15,16)/t7-;/m1./s1. The van der Waals surface area contributed by atoms with Crippen molar-refractivity contribution < 1.29 is 14.6 Å². The summed E-state index contributed by atoms with van der Waals surface area (Å²) in [6.45, 7) is 2.41. The number of pyridine rings is 1. The van der Waals surface area contributed by atoms with Crippen LogP contribution in [0.15, 0.2) is 53.5 Å². The van der Waals surface area contributed by atoms with E-state index in [1.165, 1.54) is 12.4 Å². The third-order valence-electron chi connectivity index (χ3n) is 5.82. The number of benzene rings is 1. The normalized spacial score (nSPS) is 15.5. The number of halogens is 1. The lowest BCUT2D eigenvalue weighted by Crippen LogP contribution is -2.43. The zero-order valence-corrected chi connectivity index (χ0v) is 20.9. The SMILES string of the molecule is COc1ccc(Cn2cc(C(=O)O)cn2)cc1.Nc1c[nH]c2ncc(Br)c(N3CCC[C@@H](N)C3)c12. The van der Waals surface area contributed by atoms with Gasteiger partial charge in [0, 0.05) is 37.7 Å². The Morgan fingerprint density at radius 1 is 1.31 bits per heavy atom. The minimum absolute atomic E-state index is 0.193. The molecule has 0 amide bonds. The zero-order valence-electron chi connectivity index (χ0n) is 19.3. The molecule has 0 spiro atoms. The van der Waals surface area contributed by atoms with E-state index in [1.807, 2.05) is 30.5 Å². The van der Waals surface area contributed by atoms with Crippen molar-refractivity contribution in [3.8, 4) is 5.75 Å². The smallest absolute Gasteiger partial charge is 0.338 e. The van der Waals surface area contributed by atoms with E-state index in [2.05, 4.69) is 35.9 Å². The lowest BCUT2D eigenvalue weighted by molar-refractivity contribution is 0.0696. The number of aromatic amines is 1. The van der Waals surface area contributed by atoms with E-state index in [4.69, 9.17) is 21.3 Å². The fraction of sp³-hybridized carbons (Fsp3) is 0.292. The molecule has 184 valence electrons. The van der Waals surface area contributed by atoms with E-state index in [0.29, 0.717) is 6.54 Å². The topological polar surface area (TPSA) is 148 Å². The third kappa shape index (κ3) is 5.75. The molecular formula is C24H28BrN7O3. The Balaban J connectivity index is 0.000000165. The molecule has 0 aliphatic carbocycles. The zero-order chi connectivity index (χ0) is 24.9. The Labute approximate surface area is 211 Å². The first-order valence-electron chi connectivity index (χ1n) is 11.2. The summed E-state index contributed by atoms with van der Waals surface area (Å²) in [5.74, 6) is -0.175. The number of hydrogen-bond acceptors (Lipinski definition) is 7. The van der Waals surface area contributed by atoms with Gasteiger partial charge in [-0.15, -0.1) is 0 Å². The number of nitrogen functional groups attached to an aromatic ring is 1. The number of piperidine rings is 1. The number of H-pyrrole nitrogens is 1. The number of anilines is 2. The van der Waals surface area contributed by atoms with Crippen LogP contribution in [0.5, 0.6) is 5.75 Å². The highest BCUT2D eigenvalue weighted by atomic mass is 79.9. The number of hydrogen-bond donors (Lipinski definition) is 4. The van der Waals surface area contributed by atoms with Crippen molar-refractivity contribution in [1.29, 1.82) is 0 Å². The fourth-order valence-corrected chi connectivity index (χ4v) is 4.63. The van der Waals surface area contributed by atoms with E-state index in [1.54, 1.807) is 18.0 Å². The maximum atomic E-state index is 10.7. The van der Waals surface area contributed by atoms with Crippen LogP contribution < -0.4 is 21.1 Å². The van der Waals surface area contributed by atoms with E-state index >= 15 is 0 Å². The summed E-state index contributed by atoms with van der Waals surface area (Å²) < 4.78 is 7.61. The second-order valence-corrected chi connectivity index (χ2v) is 9.20. The maximum absolute atomic E-state index is 10.7. The number of fused-ring (bicyclic) bond motifs is 1. The van der Waals surface area contributed by atoms with Gasteiger partial charge in [0.1, 0.15) is 11.4 Å². The van der Waals surface area contributed by atoms with Gasteiger partial charge in [-0.3, -0.25) is 4.68 Å². The molecular weight excluding hydrogens is 514 g/mol. The van der Waals surface area contributed by atoms with Crippen molar-refractivity contribution in [2.24, 2.45) is 5.73 Å². The average molecular weight is 542 g/mol. The van der Waals surface area contributed by atoms with Crippen LogP contribution in [0.4, 0.5) is 11.4 Å². The molecule has 4 heterocycles. The predicted molar refractivity (Wildman–Crippen MR) is 139 cm³/mol. The lowest BCUT2D eigenvalue weighted by atomic mass is 10.1. The number of aromatic nitrogens is 4. The van der Waals surface area contributed by atoms with Crippen molar-refractivity contribution >= 4 is 44.3 Å². The minimum Gasteiger partial charge on any atom is -0.497 e. The first-order valence-corrected chi connectivity index (χ1v) is 11.9. The van der Waals surface area contributed by atoms with Crippen LogP contribution in [0.2, 0.25) is 0 Å². The number of carbonyl (C=O) groups is 1. The molecule has 0 radical (unpaired) electrons. The molecule has 6 N–H and O–H groups in total. The highest BCUT2D eigenvalue weighted by Crippen LogP contribution is 2.37. The molecule has 10 nitrogen and oxygen atoms in total. The van der Waals surface area contributed by atoms with Gasteiger partial charge in [-0.25, -0.2) is 9.78 Å². The van der Waals surface area contributed by atoms with Crippen molar-refractivity contribution in [1.82, 2.24) is 19.7 Å². The predicted octanol–water partition coefficient (Wildman–Crippen LogP) is 3.47. The van der Waals surface area contributed by atoms with Crippen LogP contribution in [-0.2, 0) is 6.54 Å². The van der Waals surface area contributed by atoms with Crippen LogP contribution in [0.25, 0.3) is 11.0 Å². The van der Waals surface area contributed by atoms with Crippen LogP contribution in [0, 0.1) is 0 Å². The molecule has 1 aliphatic heterocycles. The lowest BCUT2D eigenvalue weighted by Gasteiger charge is -2.33. The van der Waals surface area contributed by atoms with E-state index in [9.17, 15) is 4.79 Å². The summed E-state index contributed by atoms with van der Waals surface area (Å²) in [6, 6.07) is 7.78. The van der Waals surface area contributed by atoms with Crippen LogP contribution >= 0.6 is 15.9 Å². The van der Waals surface area contributed by atoms with Gasteiger partial charge in [-0.2, -0.15) is 5.10 Å². The molecule has 11 heteroatoms. The Morgan fingerprint density at radius 3 is 2.74 bits per heavy atom. The third-order valence-corrected chi connectivity index (χ3v) is 6.40. The quantitative estimate of drug-likeness (QED) is 0.300. The summed E-state index contributed by atoms with van der Waals surface area (Å²) in [5, 5.41) is 13.7. The van der Waals surface area contributed by atoms with Gasteiger partial charge in [0.25, 0.3) is 0 Å². The van der Waals surface area contributed by atoms with Crippen molar-refractivity contribution in [3.63, 3.8) is 0 Å². The first kappa shape index (κ1) is 24.6. The fourth-order valence-electron chi connectivity index (χ4n) is 4.08. The molecule has 1 atom stereocenters. The first-order chi connectivity index (χ1) is 16.9. The molecule has 5 rings (SSSR count). The summed E-state index contributed by atoms with van der Waals surface area (Å²) in [5.41, 5.74) is 16.0. The monoisotopic (exact) mass is 541 g/mol. The van der Waals surface area contributed by atoms with Crippen LogP contribution in [-0.4, -0.2) is 57.1 Å². The molecule has 1 aliphatic rings. The maximum Gasteiger partial charge on any atom is 0.338 e. The molecule has 0 unspecified atom stereocenters. The van der Waals surface area contributed by atoms with Gasteiger partial charge in [0.15, 0.2) is 0 Å². The van der Waals surface area contributed by atoms with Crippen molar-refractivity contribution in [2.45, 2.75) is 25.4 Å². The summed E-state index contributed by atoms with van der Waals surface area (Å²) >= 11 is 3.58. The summed E-state index contributed by atoms with van der Waals surface area (Å²) in [4.78, 5) is 20.4. The number of aromatic carboxylic acids is 1. The second-order valence-electron chi connectivity index (χ2n) is 8.35. The van der Waals surface area contributed by atoms with Crippen molar-refractivity contribution in [3.05, 3.63) is 64.7 Å². The van der Waals surface area contributed by atoms with E-state index in [-0.39, 0.29) is 11.6 Å². The highest BCUT2D eigenvalue weighted by molar-refractivity contribution is 9.10. The Morgan fingerprint density at radius 2 is 2.09 bits per heavy atom. The summed E-state index contributed by atoms with van der Waals surface area (Å²) in [6.07, 6.45) is 8.65. The number of nitrogens with zero attached hydrogens (tertiary/aromatic N) is 4. The largest absolute Gasteiger partial charge is 0.497 e. The molecule has 4 aromatic rings. The van der Waals surface area contributed by atoms with E-state index < -0.39 is 5.97 Å². The molecule has 1 aromatic carbocycles. The van der Waals surface area contributed by atoms with Gasteiger partial charge in [0.05, 0.1) is 46.6 Å². The molecule has 35 heavy (non-hydrogen) atoms. The van der Waals surface area contributed by atoms with Crippen LogP contribution in [0.3, 0.4) is 0 Å². The number of rotatable bonds is 5. The van der Waals surface area contributed by atoms with Gasteiger partial charge in [-0.1, -0.05) is 12.1 Å².